The van der Waals surface area contributed by atoms with Crippen LogP contribution in [0.3, 0.4) is 0 Å². The molecular formula is C17H8BrClF3NO2. The van der Waals surface area contributed by atoms with Crippen molar-refractivity contribution in [1.29, 1.82) is 0 Å². The number of halogens is 5. The summed E-state index contributed by atoms with van der Waals surface area (Å²) < 4.78 is 44.3. The van der Waals surface area contributed by atoms with Crippen molar-refractivity contribution in [1.82, 2.24) is 4.98 Å². The van der Waals surface area contributed by atoms with Crippen molar-refractivity contribution < 1.29 is 22.4 Å². The van der Waals surface area contributed by atoms with Crippen LogP contribution in [0.2, 0.25) is 5.02 Å². The zero-order chi connectivity index (χ0) is 18.2. The van der Waals surface area contributed by atoms with E-state index < -0.39 is 23.5 Å². The summed E-state index contributed by atoms with van der Waals surface area (Å²) in [5.74, 6) is -2.42. The van der Waals surface area contributed by atoms with Crippen LogP contribution in [0.4, 0.5) is 13.2 Å². The van der Waals surface area contributed by atoms with Gasteiger partial charge in [0.2, 0.25) is 5.78 Å². The molecule has 3 aromatic rings. The van der Waals surface area contributed by atoms with Crippen molar-refractivity contribution in [3.05, 3.63) is 75.2 Å². The molecule has 0 aliphatic heterocycles. The molecule has 25 heavy (non-hydrogen) atoms. The molecule has 1 aromatic heterocycles. The van der Waals surface area contributed by atoms with Crippen molar-refractivity contribution in [3.8, 4) is 11.3 Å². The molecule has 0 fully saturated rings. The summed E-state index contributed by atoms with van der Waals surface area (Å²) in [6.07, 6.45) is -4.81. The molecule has 0 radical (unpaired) electrons. The maximum atomic E-state index is 13.0. The maximum absolute atomic E-state index is 13.0. The standard InChI is InChI=1S/C17H8BrClF3NO2/c18-12-4-2-1-3-11(12)14(24)13-15(9-5-7-10(19)8-6-9)25-16(23-13)17(20,21)22/h1-8H. The highest BCUT2D eigenvalue weighted by molar-refractivity contribution is 9.10. The zero-order valence-electron chi connectivity index (χ0n) is 12.3. The lowest BCUT2D eigenvalue weighted by molar-refractivity contribution is -0.156. The first-order chi connectivity index (χ1) is 11.8. The molecule has 0 N–H and O–H groups in total. The van der Waals surface area contributed by atoms with Gasteiger partial charge in [-0.15, -0.1) is 0 Å². The summed E-state index contributed by atoms with van der Waals surface area (Å²) in [4.78, 5) is 16.1. The van der Waals surface area contributed by atoms with Gasteiger partial charge in [-0.3, -0.25) is 4.79 Å². The molecule has 0 atom stereocenters. The lowest BCUT2D eigenvalue weighted by atomic mass is 10.0. The number of hydrogen-bond acceptors (Lipinski definition) is 3. The molecule has 0 unspecified atom stereocenters. The first-order valence-electron chi connectivity index (χ1n) is 6.90. The quantitative estimate of drug-likeness (QED) is 0.478. The molecule has 0 saturated carbocycles. The number of ketones is 1. The van der Waals surface area contributed by atoms with Crippen LogP contribution in [0.25, 0.3) is 11.3 Å². The third-order valence-corrected chi connectivity index (χ3v) is 4.25. The molecule has 1 heterocycles. The first kappa shape index (κ1) is 17.7. The van der Waals surface area contributed by atoms with Crippen molar-refractivity contribution in [2.24, 2.45) is 0 Å². The highest BCUT2D eigenvalue weighted by Gasteiger charge is 2.40. The molecule has 0 amide bonds. The summed E-state index contributed by atoms with van der Waals surface area (Å²) in [7, 11) is 0. The van der Waals surface area contributed by atoms with E-state index in [-0.39, 0.29) is 16.9 Å². The van der Waals surface area contributed by atoms with Crippen molar-refractivity contribution in [2.75, 3.05) is 0 Å². The summed E-state index contributed by atoms with van der Waals surface area (Å²) in [5.41, 5.74) is 0.0316. The number of carbonyl (C=O) groups excluding carboxylic acids is 1. The average Bonchev–Trinajstić information content (AvgIpc) is 3.01. The average molecular weight is 431 g/mol. The number of carbonyl (C=O) groups is 1. The second-order valence-electron chi connectivity index (χ2n) is 5.01. The predicted octanol–water partition coefficient (Wildman–Crippen LogP) is 6.01. The Balaban J connectivity index is 2.18. The predicted molar refractivity (Wildman–Crippen MR) is 89.5 cm³/mol. The molecule has 0 bridgehead atoms. The van der Waals surface area contributed by atoms with Gasteiger partial charge in [0.1, 0.15) is 0 Å². The largest absolute Gasteiger partial charge is 0.468 e. The monoisotopic (exact) mass is 429 g/mol. The molecule has 3 rings (SSSR count). The molecule has 2 aromatic carbocycles. The maximum Gasteiger partial charge on any atom is 0.468 e. The van der Waals surface area contributed by atoms with Gasteiger partial charge in [0.15, 0.2) is 11.5 Å². The Morgan fingerprint density at radius 1 is 1.08 bits per heavy atom. The van der Waals surface area contributed by atoms with E-state index in [1.54, 1.807) is 18.2 Å². The zero-order valence-corrected chi connectivity index (χ0v) is 14.6. The van der Waals surface area contributed by atoms with Crippen LogP contribution in [0.5, 0.6) is 0 Å². The van der Waals surface area contributed by atoms with Gasteiger partial charge in [-0.05, 0) is 36.4 Å². The van der Waals surface area contributed by atoms with Crippen molar-refractivity contribution in [2.45, 2.75) is 6.18 Å². The van der Waals surface area contributed by atoms with Gasteiger partial charge in [0.05, 0.1) is 0 Å². The van der Waals surface area contributed by atoms with Crippen LogP contribution in [0.1, 0.15) is 21.9 Å². The highest BCUT2D eigenvalue weighted by Crippen LogP contribution is 2.35. The Morgan fingerprint density at radius 2 is 1.72 bits per heavy atom. The van der Waals surface area contributed by atoms with Gasteiger partial charge in [-0.2, -0.15) is 13.2 Å². The third-order valence-electron chi connectivity index (χ3n) is 3.31. The number of hydrogen-bond donors (Lipinski definition) is 0. The van der Waals surface area contributed by atoms with E-state index in [4.69, 9.17) is 16.0 Å². The second kappa shape index (κ2) is 6.65. The smallest absolute Gasteiger partial charge is 0.432 e. The van der Waals surface area contributed by atoms with Crippen LogP contribution < -0.4 is 0 Å². The van der Waals surface area contributed by atoms with Gasteiger partial charge in [0.25, 0.3) is 0 Å². The van der Waals surface area contributed by atoms with Crippen LogP contribution in [-0.4, -0.2) is 10.8 Å². The topological polar surface area (TPSA) is 43.1 Å². The summed E-state index contributed by atoms with van der Waals surface area (Å²) in [5, 5.41) is 0.401. The van der Waals surface area contributed by atoms with Crippen LogP contribution >= 0.6 is 27.5 Å². The summed E-state index contributed by atoms with van der Waals surface area (Å²) >= 11 is 9.01. The molecule has 8 heteroatoms. The number of benzene rings is 2. The number of oxazole rings is 1. The van der Waals surface area contributed by atoms with Gasteiger partial charge in [-0.1, -0.05) is 39.7 Å². The van der Waals surface area contributed by atoms with Crippen LogP contribution in [0, 0.1) is 0 Å². The van der Waals surface area contributed by atoms with E-state index in [1.165, 1.54) is 30.3 Å². The normalized spacial score (nSPS) is 11.6. The number of alkyl halides is 3. The lowest BCUT2D eigenvalue weighted by Crippen LogP contribution is -2.08. The van der Waals surface area contributed by atoms with Crippen LogP contribution in [0.15, 0.2) is 57.4 Å². The van der Waals surface area contributed by atoms with Crippen LogP contribution in [-0.2, 0) is 6.18 Å². The minimum atomic E-state index is -4.81. The van der Waals surface area contributed by atoms with Gasteiger partial charge in [0, 0.05) is 20.6 Å². The molecule has 0 spiro atoms. The number of aromatic nitrogens is 1. The molecule has 0 aliphatic rings. The Kier molecular flexibility index (Phi) is 4.71. The Hall–Kier alpha value is -2.12. The highest BCUT2D eigenvalue weighted by atomic mass is 79.9. The fourth-order valence-electron chi connectivity index (χ4n) is 2.17. The molecule has 3 nitrogen and oxygen atoms in total. The SMILES string of the molecule is O=C(c1ccccc1Br)c1nc(C(F)(F)F)oc1-c1ccc(Cl)cc1. The number of nitrogens with zero attached hydrogens (tertiary/aromatic N) is 1. The molecule has 0 aliphatic carbocycles. The fraction of sp³-hybridized carbons (Fsp3) is 0.0588. The van der Waals surface area contributed by atoms with E-state index >= 15 is 0 Å². The van der Waals surface area contributed by atoms with E-state index in [9.17, 15) is 18.0 Å². The third kappa shape index (κ3) is 3.62. The first-order valence-corrected chi connectivity index (χ1v) is 8.07. The minimum Gasteiger partial charge on any atom is -0.432 e. The minimum absolute atomic E-state index is 0.180. The number of rotatable bonds is 3. The van der Waals surface area contributed by atoms with E-state index in [2.05, 4.69) is 20.9 Å². The van der Waals surface area contributed by atoms with E-state index in [1.807, 2.05) is 0 Å². The van der Waals surface area contributed by atoms with Gasteiger partial charge >= 0.3 is 12.1 Å². The lowest BCUT2D eigenvalue weighted by Gasteiger charge is -2.03. The second-order valence-corrected chi connectivity index (χ2v) is 6.30. The summed E-state index contributed by atoms with van der Waals surface area (Å²) in [6, 6.07) is 12.3. The Morgan fingerprint density at radius 3 is 2.32 bits per heavy atom. The Bertz CT molecular complexity index is 936. The molecular weight excluding hydrogens is 423 g/mol. The molecule has 0 saturated heterocycles. The fourth-order valence-corrected chi connectivity index (χ4v) is 2.76. The Labute approximate surface area is 153 Å². The van der Waals surface area contributed by atoms with E-state index in [0.717, 1.165) is 0 Å². The van der Waals surface area contributed by atoms with Crippen molar-refractivity contribution in [3.63, 3.8) is 0 Å². The summed E-state index contributed by atoms with van der Waals surface area (Å²) in [6.45, 7) is 0. The van der Waals surface area contributed by atoms with E-state index in [0.29, 0.717) is 9.50 Å². The van der Waals surface area contributed by atoms with Gasteiger partial charge < -0.3 is 4.42 Å². The van der Waals surface area contributed by atoms with Crippen molar-refractivity contribution >= 4 is 33.3 Å². The molecule has 128 valence electrons. The van der Waals surface area contributed by atoms with Gasteiger partial charge in [-0.25, -0.2) is 4.98 Å².